The summed E-state index contributed by atoms with van der Waals surface area (Å²) in [6.07, 6.45) is 2.62. The topological polar surface area (TPSA) is 103 Å². The number of hydrogen-bond acceptors (Lipinski definition) is 6. The Hall–Kier alpha value is -2.94. The minimum Gasteiger partial charge on any atom is -0.497 e. The molecule has 0 radical (unpaired) electrons. The van der Waals surface area contributed by atoms with Crippen LogP contribution in [0.4, 0.5) is 0 Å². The highest BCUT2D eigenvalue weighted by molar-refractivity contribution is 7.91. The van der Waals surface area contributed by atoms with Gasteiger partial charge in [0, 0.05) is 18.2 Å². The maximum absolute atomic E-state index is 13.3. The molecule has 5 rings (SSSR count). The molecule has 2 fully saturated rings. The highest BCUT2D eigenvalue weighted by atomic mass is 32.2. The van der Waals surface area contributed by atoms with Crippen LogP contribution in [0.1, 0.15) is 58.5 Å². The first-order valence-corrected chi connectivity index (χ1v) is 12.7. The summed E-state index contributed by atoms with van der Waals surface area (Å²) in [6.45, 7) is 2.21. The number of aryl methyl sites for hydroxylation is 1. The highest BCUT2D eigenvalue weighted by Crippen LogP contribution is 2.41. The molecule has 9 heteroatoms. The third-order valence-corrected chi connectivity index (χ3v) is 7.99. The third-order valence-electron chi connectivity index (χ3n) is 6.24. The number of hydrogen-bond donors (Lipinski definition) is 1. The summed E-state index contributed by atoms with van der Waals surface area (Å²) >= 11 is 0. The zero-order chi connectivity index (χ0) is 22.5. The number of sulfone groups is 1. The zero-order valence-electron chi connectivity index (χ0n) is 18.2. The summed E-state index contributed by atoms with van der Waals surface area (Å²) in [5, 5.41) is 8.34. The first kappa shape index (κ1) is 20.9. The lowest BCUT2D eigenvalue weighted by molar-refractivity contribution is 0.0952. The second kappa shape index (κ2) is 7.88. The van der Waals surface area contributed by atoms with Gasteiger partial charge in [-0.05, 0) is 49.9 Å². The number of pyridine rings is 1. The molecule has 1 aliphatic heterocycles. The van der Waals surface area contributed by atoms with E-state index in [9.17, 15) is 13.2 Å². The highest BCUT2D eigenvalue weighted by Gasteiger charge is 2.34. The smallest absolute Gasteiger partial charge is 0.252 e. The quantitative estimate of drug-likeness (QED) is 0.614. The van der Waals surface area contributed by atoms with Crippen molar-refractivity contribution in [2.45, 2.75) is 44.7 Å². The summed E-state index contributed by atoms with van der Waals surface area (Å²) < 4.78 is 31.1. The lowest BCUT2D eigenvalue weighted by Crippen LogP contribution is -2.23. The second-order valence-electron chi connectivity index (χ2n) is 8.69. The van der Waals surface area contributed by atoms with E-state index in [1.807, 2.05) is 37.3 Å². The summed E-state index contributed by atoms with van der Waals surface area (Å²) in [5.41, 5.74) is 3.66. The average molecular weight is 455 g/mol. The molecule has 2 aliphatic rings. The maximum Gasteiger partial charge on any atom is 0.252 e. The summed E-state index contributed by atoms with van der Waals surface area (Å²) in [6, 6.07) is 9.21. The molecule has 0 spiro atoms. The van der Waals surface area contributed by atoms with E-state index >= 15 is 0 Å². The fraction of sp³-hybridized carbons (Fsp3) is 0.435. The van der Waals surface area contributed by atoms with Crippen LogP contribution >= 0.6 is 0 Å². The lowest BCUT2D eigenvalue weighted by Gasteiger charge is -2.12. The van der Waals surface area contributed by atoms with Crippen LogP contribution in [0.3, 0.4) is 0 Å². The molecule has 1 aliphatic carbocycles. The maximum atomic E-state index is 13.3. The SMILES string of the molecule is COc1cccc(CNC(=O)c2cc(C3CC3)nc3c2c(C)nn3[C@H]2CCS(=O)(=O)C2)c1. The van der Waals surface area contributed by atoms with Gasteiger partial charge in [-0.3, -0.25) is 4.79 Å². The Bertz CT molecular complexity index is 1310. The van der Waals surface area contributed by atoms with Gasteiger partial charge in [0.25, 0.3) is 5.91 Å². The van der Waals surface area contributed by atoms with Gasteiger partial charge in [0.05, 0.1) is 41.3 Å². The largest absolute Gasteiger partial charge is 0.497 e. The van der Waals surface area contributed by atoms with Gasteiger partial charge in [-0.25, -0.2) is 18.1 Å². The van der Waals surface area contributed by atoms with Crippen LogP contribution in [0.15, 0.2) is 30.3 Å². The zero-order valence-corrected chi connectivity index (χ0v) is 19.0. The summed E-state index contributed by atoms with van der Waals surface area (Å²) in [5.74, 6) is 1.12. The van der Waals surface area contributed by atoms with E-state index in [2.05, 4.69) is 10.4 Å². The molecule has 3 heterocycles. The number of fused-ring (bicyclic) bond motifs is 1. The number of nitrogens with one attached hydrogen (secondary N) is 1. The van der Waals surface area contributed by atoms with Crippen molar-refractivity contribution in [3.8, 4) is 5.75 Å². The molecule has 1 atom stereocenters. The number of benzene rings is 1. The molecule has 2 aromatic heterocycles. The van der Waals surface area contributed by atoms with Crippen molar-refractivity contribution in [2.24, 2.45) is 0 Å². The van der Waals surface area contributed by atoms with Gasteiger partial charge in [-0.2, -0.15) is 5.10 Å². The Kier molecular flexibility index (Phi) is 5.16. The Morgan fingerprint density at radius 1 is 1.25 bits per heavy atom. The van der Waals surface area contributed by atoms with Crippen molar-refractivity contribution in [2.75, 3.05) is 18.6 Å². The van der Waals surface area contributed by atoms with Gasteiger partial charge in [0.2, 0.25) is 0 Å². The third kappa shape index (κ3) is 3.97. The summed E-state index contributed by atoms with van der Waals surface area (Å²) in [4.78, 5) is 18.1. The van der Waals surface area contributed by atoms with Gasteiger partial charge in [-0.15, -0.1) is 0 Å². The van der Waals surface area contributed by atoms with E-state index in [1.165, 1.54) is 0 Å². The van der Waals surface area contributed by atoms with E-state index in [4.69, 9.17) is 9.72 Å². The second-order valence-corrected chi connectivity index (χ2v) is 10.9. The molecule has 3 aromatic rings. The van der Waals surface area contributed by atoms with Crippen molar-refractivity contribution < 1.29 is 17.9 Å². The molecule has 0 bridgehead atoms. The van der Waals surface area contributed by atoms with E-state index in [0.717, 1.165) is 29.8 Å². The van der Waals surface area contributed by atoms with Crippen molar-refractivity contribution in [1.82, 2.24) is 20.1 Å². The predicted octanol–water partition coefficient (Wildman–Crippen LogP) is 2.92. The summed E-state index contributed by atoms with van der Waals surface area (Å²) in [7, 11) is -1.45. The molecule has 8 nitrogen and oxygen atoms in total. The number of methoxy groups -OCH3 is 1. The minimum atomic E-state index is -3.07. The number of nitrogens with zero attached hydrogens (tertiary/aromatic N) is 3. The number of carbonyl (C=O) groups excluding carboxylic acids is 1. The number of amides is 1. The molecule has 1 N–H and O–H groups in total. The van der Waals surface area contributed by atoms with Crippen LogP contribution < -0.4 is 10.1 Å². The van der Waals surface area contributed by atoms with Gasteiger partial charge >= 0.3 is 0 Å². The molecule has 1 aromatic carbocycles. The van der Waals surface area contributed by atoms with Gasteiger partial charge in [-0.1, -0.05) is 12.1 Å². The van der Waals surface area contributed by atoms with E-state index < -0.39 is 9.84 Å². The Morgan fingerprint density at radius 3 is 2.75 bits per heavy atom. The van der Waals surface area contributed by atoms with Crippen molar-refractivity contribution in [1.29, 1.82) is 0 Å². The van der Waals surface area contributed by atoms with Crippen LogP contribution in [-0.4, -0.2) is 47.7 Å². The monoisotopic (exact) mass is 454 g/mol. The Morgan fingerprint density at radius 2 is 2.06 bits per heavy atom. The lowest BCUT2D eigenvalue weighted by atomic mass is 10.1. The fourth-order valence-electron chi connectivity index (χ4n) is 4.38. The van der Waals surface area contributed by atoms with Crippen LogP contribution in [-0.2, 0) is 16.4 Å². The van der Waals surface area contributed by atoms with Gasteiger partial charge < -0.3 is 10.1 Å². The number of rotatable bonds is 6. The van der Waals surface area contributed by atoms with E-state index in [-0.39, 0.29) is 23.5 Å². The molecule has 0 unspecified atom stereocenters. The number of ether oxygens (including phenoxy) is 1. The molecule has 32 heavy (non-hydrogen) atoms. The van der Waals surface area contributed by atoms with Crippen LogP contribution in [0.25, 0.3) is 11.0 Å². The molecular formula is C23H26N4O4S. The van der Waals surface area contributed by atoms with Gasteiger partial charge in [0.1, 0.15) is 5.75 Å². The van der Waals surface area contributed by atoms with Crippen molar-refractivity contribution in [3.05, 3.63) is 52.8 Å². The first-order chi connectivity index (χ1) is 15.3. The number of aromatic nitrogens is 3. The van der Waals surface area contributed by atoms with Crippen LogP contribution in [0.5, 0.6) is 5.75 Å². The molecule has 1 saturated heterocycles. The minimum absolute atomic E-state index is 0.0654. The van der Waals surface area contributed by atoms with Crippen LogP contribution in [0.2, 0.25) is 0 Å². The molecule has 168 valence electrons. The molecule has 1 amide bonds. The van der Waals surface area contributed by atoms with Crippen molar-refractivity contribution in [3.63, 3.8) is 0 Å². The van der Waals surface area contributed by atoms with Crippen LogP contribution in [0, 0.1) is 6.92 Å². The molecule has 1 saturated carbocycles. The molecular weight excluding hydrogens is 428 g/mol. The standard InChI is InChI=1S/C23H26N4O4S/c1-14-21-19(23(28)24-12-15-4-3-5-18(10-15)31-2)11-20(16-6-7-16)25-22(21)27(26-14)17-8-9-32(29,30)13-17/h3-5,10-11,16-17H,6-9,12-13H2,1-2H3,(H,24,28)/t17-/m0/s1. The Balaban J connectivity index is 1.51. The van der Waals surface area contributed by atoms with E-state index in [0.29, 0.717) is 41.2 Å². The fourth-order valence-corrected chi connectivity index (χ4v) is 6.07. The Labute approximate surface area is 186 Å². The average Bonchev–Trinajstić information content (AvgIpc) is 3.50. The van der Waals surface area contributed by atoms with E-state index in [1.54, 1.807) is 11.8 Å². The van der Waals surface area contributed by atoms with Crippen molar-refractivity contribution >= 4 is 26.8 Å². The first-order valence-electron chi connectivity index (χ1n) is 10.9. The van der Waals surface area contributed by atoms with Gasteiger partial charge in [0.15, 0.2) is 15.5 Å². The predicted molar refractivity (Wildman–Crippen MR) is 121 cm³/mol. The number of carbonyl (C=O) groups is 1. The normalized spacial score (nSPS) is 19.9.